The third kappa shape index (κ3) is 5.05. The molecule has 1 aromatic heterocycles. The molecule has 2 aromatic carbocycles. The van der Waals surface area contributed by atoms with Crippen molar-refractivity contribution in [1.82, 2.24) is 10.2 Å². The molecule has 150 valence electrons. The molecule has 5 heteroatoms. The van der Waals surface area contributed by atoms with Crippen LogP contribution in [-0.2, 0) is 4.79 Å². The van der Waals surface area contributed by atoms with Gasteiger partial charge in [0.2, 0.25) is 0 Å². The standard InChI is InChI=1S/C24H26N2O2S/c27-24(25-17-21(23-13-8-16-29-23)26-14-6-7-15-26)18-28-22-12-5-4-11-20(22)19-9-2-1-3-10-19/h1-5,8-13,16,21H,6-7,14-15,17-18H2,(H,25,27)/t21-/m1/s1. The average Bonchev–Trinajstić information content (AvgIpc) is 3.48. The molecule has 0 unspecified atom stereocenters. The highest BCUT2D eigenvalue weighted by Gasteiger charge is 2.24. The van der Waals surface area contributed by atoms with Gasteiger partial charge in [0.15, 0.2) is 6.61 Å². The highest BCUT2D eigenvalue weighted by atomic mass is 32.1. The van der Waals surface area contributed by atoms with E-state index in [4.69, 9.17) is 4.74 Å². The van der Waals surface area contributed by atoms with Crippen molar-refractivity contribution in [2.75, 3.05) is 26.2 Å². The number of benzene rings is 2. The molecule has 4 rings (SSSR count). The molecule has 0 saturated carbocycles. The van der Waals surface area contributed by atoms with Crippen LogP contribution in [0.15, 0.2) is 72.1 Å². The summed E-state index contributed by atoms with van der Waals surface area (Å²) < 4.78 is 5.88. The summed E-state index contributed by atoms with van der Waals surface area (Å²) >= 11 is 1.76. The van der Waals surface area contributed by atoms with E-state index in [1.807, 2.05) is 54.6 Å². The summed E-state index contributed by atoms with van der Waals surface area (Å²) in [4.78, 5) is 16.3. The van der Waals surface area contributed by atoms with Gasteiger partial charge in [-0.25, -0.2) is 0 Å². The zero-order chi connectivity index (χ0) is 19.9. The van der Waals surface area contributed by atoms with Crippen molar-refractivity contribution < 1.29 is 9.53 Å². The molecule has 0 radical (unpaired) electrons. The Morgan fingerprint density at radius 1 is 1.00 bits per heavy atom. The molecule has 1 aliphatic heterocycles. The Morgan fingerprint density at radius 3 is 2.52 bits per heavy atom. The second-order valence-corrected chi connectivity index (χ2v) is 8.21. The Labute approximate surface area is 176 Å². The lowest BCUT2D eigenvalue weighted by Gasteiger charge is -2.27. The lowest BCUT2D eigenvalue weighted by Crippen LogP contribution is -2.38. The highest BCUT2D eigenvalue weighted by molar-refractivity contribution is 7.10. The van der Waals surface area contributed by atoms with Gasteiger partial charge in [0.05, 0.1) is 6.04 Å². The smallest absolute Gasteiger partial charge is 0.258 e. The van der Waals surface area contributed by atoms with E-state index in [9.17, 15) is 4.79 Å². The summed E-state index contributed by atoms with van der Waals surface area (Å²) in [6.45, 7) is 2.82. The molecule has 2 heterocycles. The van der Waals surface area contributed by atoms with Crippen molar-refractivity contribution in [3.05, 3.63) is 77.0 Å². The lowest BCUT2D eigenvalue weighted by atomic mass is 10.1. The van der Waals surface area contributed by atoms with Gasteiger partial charge in [-0.3, -0.25) is 9.69 Å². The monoisotopic (exact) mass is 406 g/mol. The van der Waals surface area contributed by atoms with Crippen molar-refractivity contribution in [2.45, 2.75) is 18.9 Å². The van der Waals surface area contributed by atoms with Crippen molar-refractivity contribution in [1.29, 1.82) is 0 Å². The number of thiophene rings is 1. The van der Waals surface area contributed by atoms with E-state index >= 15 is 0 Å². The average molecular weight is 407 g/mol. The fraction of sp³-hybridized carbons (Fsp3) is 0.292. The molecule has 1 fully saturated rings. The summed E-state index contributed by atoms with van der Waals surface area (Å²) in [5.41, 5.74) is 2.07. The Morgan fingerprint density at radius 2 is 1.76 bits per heavy atom. The van der Waals surface area contributed by atoms with Gasteiger partial charge in [0, 0.05) is 17.0 Å². The second kappa shape index (κ2) is 9.72. The zero-order valence-electron chi connectivity index (χ0n) is 16.4. The number of ether oxygens (including phenoxy) is 1. The van der Waals surface area contributed by atoms with Crippen LogP contribution in [0, 0.1) is 0 Å². The van der Waals surface area contributed by atoms with Crippen molar-refractivity contribution in [3.63, 3.8) is 0 Å². The van der Waals surface area contributed by atoms with E-state index in [-0.39, 0.29) is 18.6 Å². The van der Waals surface area contributed by atoms with E-state index < -0.39 is 0 Å². The van der Waals surface area contributed by atoms with Crippen LogP contribution in [0.2, 0.25) is 0 Å². The Kier molecular flexibility index (Phi) is 6.60. The molecule has 0 bridgehead atoms. The maximum Gasteiger partial charge on any atom is 0.258 e. The van der Waals surface area contributed by atoms with Crippen LogP contribution in [0.5, 0.6) is 5.75 Å². The molecule has 0 aliphatic carbocycles. The predicted octanol–water partition coefficient (Wildman–Crippen LogP) is 4.75. The van der Waals surface area contributed by atoms with Gasteiger partial charge in [0.25, 0.3) is 5.91 Å². The lowest BCUT2D eigenvalue weighted by molar-refractivity contribution is -0.123. The number of amides is 1. The van der Waals surface area contributed by atoms with Crippen LogP contribution >= 0.6 is 11.3 Å². The predicted molar refractivity (Wildman–Crippen MR) is 118 cm³/mol. The minimum atomic E-state index is -0.0892. The van der Waals surface area contributed by atoms with Crippen LogP contribution in [0.3, 0.4) is 0 Å². The third-order valence-electron chi connectivity index (χ3n) is 5.28. The summed E-state index contributed by atoms with van der Waals surface area (Å²) in [5.74, 6) is 0.636. The summed E-state index contributed by atoms with van der Waals surface area (Å²) in [5, 5.41) is 5.18. The Balaban J connectivity index is 1.36. The second-order valence-electron chi connectivity index (χ2n) is 7.23. The zero-order valence-corrected chi connectivity index (χ0v) is 17.2. The van der Waals surface area contributed by atoms with Gasteiger partial charge in [-0.15, -0.1) is 11.3 Å². The van der Waals surface area contributed by atoms with Crippen molar-refractivity contribution in [2.24, 2.45) is 0 Å². The molecule has 0 spiro atoms. The summed E-state index contributed by atoms with van der Waals surface area (Å²) in [6.07, 6.45) is 2.46. The highest BCUT2D eigenvalue weighted by Crippen LogP contribution is 2.30. The molecule has 4 nitrogen and oxygen atoms in total. The fourth-order valence-electron chi connectivity index (χ4n) is 3.80. The molecule has 3 aromatic rings. The number of nitrogens with zero attached hydrogens (tertiary/aromatic N) is 1. The SMILES string of the molecule is O=C(COc1ccccc1-c1ccccc1)NC[C@H](c1cccs1)N1CCCC1. The van der Waals surface area contributed by atoms with Gasteiger partial charge in [-0.05, 0) is 49.0 Å². The number of carbonyl (C=O) groups is 1. The van der Waals surface area contributed by atoms with Crippen LogP contribution in [0.25, 0.3) is 11.1 Å². The third-order valence-corrected chi connectivity index (χ3v) is 6.25. The van der Waals surface area contributed by atoms with E-state index in [1.54, 1.807) is 11.3 Å². The van der Waals surface area contributed by atoms with Crippen LogP contribution in [-0.4, -0.2) is 37.0 Å². The van der Waals surface area contributed by atoms with Crippen molar-refractivity contribution in [3.8, 4) is 16.9 Å². The van der Waals surface area contributed by atoms with Crippen LogP contribution in [0.4, 0.5) is 0 Å². The maximum absolute atomic E-state index is 12.5. The van der Waals surface area contributed by atoms with Crippen molar-refractivity contribution >= 4 is 17.2 Å². The first kappa shape index (κ1) is 19.7. The van der Waals surface area contributed by atoms with Gasteiger partial charge in [-0.2, -0.15) is 0 Å². The topological polar surface area (TPSA) is 41.6 Å². The number of hydrogen-bond acceptors (Lipinski definition) is 4. The molecule has 29 heavy (non-hydrogen) atoms. The first-order chi connectivity index (χ1) is 14.3. The maximum atomic E-state index is 12.5. The minimum absolute atomic E-state index is 0.0149. The number of rotatable bonds is 8. The number of nitrogens with one attached hydrogen (secondary N) is 1. The van der Waals surface area contributed by atoms with Gasteiger partial charge < -0.3 is 10.1 Å². The molecule has 1 N–H and O–H groups in total. The van der Waals surface area contributed by atoms with Gasteiger partial charge in [0.1, 0.15) is 5.75 Å². The van der Waals surface area contributed by atoms with E-state index in [0.717, 1.165) is 30.0 Å². The molecule has 1 atom stereocenters. The first-order valence-electron chi connectivity index (χ1n) is 10.1. The number of hydrogen-bond donors (Lipinski definition) is 1. The Hall–Kier alpha value is -2.63. The fourth-order valence-corrected chi connectivity index (χ4v) is 4.66. The molecular weight excluding hydrogens is 380 g/mol. The van der Waals surface area contributed by atoms with Crippen LogP contribution in [0.1, 0.15) is 23.8 Å². The quantitative estimate of drug-likeness (QED) is 0.587. The van der Waals surface area contributed by atoms with Crippen LogP contribution < -0.4 is 10.1 Å². The molecular formula is C24H26N2O2S. The normalized spacial score (nSPS) is 15.2. The van der Waals surface area contributed by atoms with E-state index in [1.165, 1.54) is 17.7 Å². The molecule has 1 saturated heterocycles. The van der Waals surface area contributed by atoms with E-state index in [2.05, 4.69) is 27.7 Å². The van der Waals surface area contributed by atoms with E-state index in [0.29, 0.717) is 6.54 Å². The number of para-hydroxylation sites is 1. The first-order valence-corrected chi connectivity index (χ1v) is 11.0. The molecule has 1 aliphatic rings. The molecule has 1 amide bonds. The van der Waals surface area contributed by atoms with Gasteiger partial charge >= 0.3 is 0 Å². The number of likely N-dealkylation sites (tertiary alicyclic amines) is 1. The largest absolute Gasteiger partial charge is 0.483 e. The summed E-state index contributed by atoms with van der Waals surface area (Å²) in [6, 6.07) is 22.4. The summed E-state index contributed by atoms with van der Waals surface area (Å²) in [7, 11) is 0. The Bertz CT molecular complexity index is 906. The minimum Gasteiger partial charge on any atom is -0.483 e. The van der Waals surface area contributed by atoms with Gasteiger partial charge in [-0.1, -0.05) is 54.6 Å². The number of carbonyl (C=O) groups excluding carboxylic acids is 1.